The molecule has 0 N–H and O–H groups in total. The van der Waals surface area contributed by atoms with E-state index in [1.54, 1.807) is 0 Å². The maximum atomic E-state index is 15.2. The number of likely N-dealkylation sites (tertiary alicyclic amines) is 1. The van der Waals surface area contributed by atoms with Crippen LogP contribution in [-0.2, 0) is 19.7 Å². The number of hydroxylamine groups is 1. The minimum absolute atomic E-state index is 0.0673. The SMILES string of the molecule is CS(=O)(=O)N(OC(=O)C(F)(F)F)C(=O)c1cc(C2CC2)c(O[C@@H]2CCCN(CC3CCC4(CCC4)CC3)C2)cc1F. The van der Waals surface area contributed by atoms with Crippen molar-refractivity contribution in [3.05, 3.63) is 29.1 Å². The van der Waals surface area contributed by atoms with Gasteiger partial charge in [-0.1, -0.05) is 10.9 Å². The summed E-state index contributed by atoms with van der Waals surface area (Å²) in [5, 5.41) is 0. The van der Waals surface area contributed by atoms with E-state index < -0.39 is 43.9 Å². The van der Waals surface area contributed by atoms with Crippen molar-refractivity contribution < 1.29 is 45.1 Å². The van der Waals surface area contributed by atoms with Crippen molar-refractivity contribution in [2.45, 2.75) is 88.8 Å². The molecule has 8 nitrogen and oxygen atoms in total. The fourth-order valence-corrected chi connectivity index (χ4v) is 7.11. The molecule has 4 fully saturated rings. The Kier molecular flexibility index (Phi) is 8.32. The molecule has 3 saturated carbocycles. The van der Waals surface area contributed by atoms with Gasteiger partial charge in [0.05, 0.1) is 11.8 Å². The molecule has 13 heteroatoms. The van der Waals surface area contributed by atoms with Crippen LogP contribution in [0.5, 0.6) is 5.75 Å². The third-order valence-corrected chi connectivity index (χ3v) is 9.91. The highest BCUT2D eigenvalue weighted by atomic mass is 32.2. The molecule has 5 rings (SSSR count). The molecule has 1 aliphatic heterocycles. The maximum Gasteiger partial charge on any atom is 0.493 e. The van der Waals surface area contributed by atoms with Crippen LogP contribution in [0.3, 0.4) is 0 Å². The normalized spacial score (nSPS) is 23.6. The van der Waals surface area contributed by atoms with Gasteiger partial charge in [-0.05, 0) is 99.6 Å². The molecule has 0 bridgehead atoms. The quantitative estimate of drug-likeness (QED) is 0.307. The van der Waals surface area contributed by atoms with E-state index in [-0.39, 0.29) is 17.8 Å². The number of sulfonamides is 1. The van der Waals surface area contributed by atoms with Crippen LogP contribution >= 0.6 is 0 Å². The van der Waals surface area contributed by atoms with Gasteiger partial charge in [-0.25, -0.2) is 17.6 Å². The zero-order chi connectivity index (χ0) is 29.6. The molecule has 228 valence electrons. The van der Waals surface area contributed by atoms with Crippen LogP contribution in [0.2, 0.25) is 0 Å². The standard InChI is InChI=1S/C28H36F4N2O6S/c1-41(37,38)34(40-26(36)28(30,31)32)25(35)22-14-21(19-5-6-19)24(15-23(22)29)39-20-4-2-13-33(17-20)16-18-7-11-27(12-8-18)9-3-10-27/h14-15,18-20H,2-13,16-17H2,1H3/t20-/m1/s1. The van der Waals surface area contributed by atoms with Gasteiger partial charge < -0.3 is 9.57 Å². The van der Waals surface area contributed by atoms with Crippen LogP contribution in [0.25, 0.3) is 0 Å². The van der Waals surface area contributed by atoms with E-state index in [1.165, 1.54) is 44.9 Å². The largest absolute Gasteiger partial charge is 0.493 e. The average molecular weight is 605 g/mol. The van der Waals surface area contributed by atoms with E-state index in [4.69, 9.17) is 4.74 Å². The minimum atomic E-state index is -5.57. The second-order valence-electron chi connectivity index (χ2n) is 12.3. The first-order valence-electron chi connectivity index (χ1n) is 14.3. The second-order valence-corrected chi connectivity index (χ2v) is 14.1. The first kappa shape index (κ1) is 30.1. The second kappa shape index (κ2) is 11.3. The van der Waals surface area contributed by atoms with Crippen molar-refractivity contribution in [3.63, 3.8) is 0 Å². The molecule has 1 aromatic carbocycles. The lowest BCUT2D eigenvalue weighted by Gasteiger charge is -2.48. The van der Waals surface area contributed by atoms with Crippen LogP contribution in [0.1, 0.15) is 92.5 Å². The van der Waals surface area contributed by atoms with Crippen molar-refractivity contribution in [1.82, 2.24) is 9.37 Å². The van der Waals surface area contributed by atoms with Gasteiger partial charge in [0.15, 0.2) is 0 Å². The van der Waals surface area contributed by atoms with E-state index in [0.717, 1.165) is 50.9 Å². The van der Waals surface area contributed by atoms with Crippen molar-refractivity contribution in [3.8, 4) is 5.75 Å². The summed E-state index contributed by atoms with van der Waals surface area (Å²) in [4.78, 5) is 30.4. The van der Waals surface area contributed by atoms with Crippen LogP contribution in [0.15, 0.2) is 12.1 Å². The first-order chi connectivity index (χ1) is 19.2. The third kappa shape index (κ3) is 6.98. The van der Waals surface area contributed by atoms with Crippen LogP contribution in [0, 0.1) is 17.2 Å². The van der Waals surface area contributed by atoms with Crippen molar-refractivity contribution >= 4 is 21.9 Å². The number of hydrogen-bond acceptors (Lipinski definition) is 7. The minimum Gasteiger partial charge on any atom is -0.489 e. The number of halogens is 4. The van der Waals surface area contributed by atoms with Crippen molar-refractivity contribution in [2.75, 3.05) is 25.9 Å². The Balaban J connectivity index is 1.28. The molecule has 1 heterocycles. The van der Waals surface area contributed by atoms with E-state index in [0.29, 0.717) is 29.7 Å². The fraction of sp³-hybridized carbons (Fsp3) is 0.714. The molecule has 41 heavy (non-hydrogen) atoms. The van der Waals surface area contributed by atoms with Gasteiger partial charge >= 0.3 is 18.1 Å². The summed E-state index contributed by atoms with van der Waals surface area (Å²) >= 11 is 0. The van der Waals surface area contributed by atoms with Crippen molar-refractivity contribution in [1.29, 1.82) is 0 Å². The van der Waals surface area contributed by atoms with Gasteiger partial charge in [-0.15, -0.1) is 0 Å². The Bertz CT molecular complexity index is 1270. The highest BCUT2D eigenvalue weighted by molar-refractivity contribution is 7.88. The van der Waals surface area contributed by atoms with E-state index >= 15 is 4.39 Å². The molecule has 3 aliphatic carbocycles. The number of piperidine rings is 1. The number of amides is 1. The molecule has 0 aromatic heterocycles. The predicted octanol–water partition coefficient (Wildman–Crippen LogP) is 5.33. The number of rotatable bonds is 7. The highest BCUT2D eigenvalue weighted by Crippen LogP contribution is 2.52. The molecular weight excluding hydrogens is 568 g/mol. The van der Waals surface area contributed by atoms with Crippen LogP contribution in [-0.4, -0.2) is 67.8 Å². The van der Waals surface area contributed by atoms with Gasteiger partial charge in [-0.2, -0.15) is 13.2 Å². The number of nitrogens with zero attached hydrogens (tertiary/aromatic N) is 2. The number of hydrogen-bond donors (Lipinski definition) is 0. The van der Waals surface area contributed by atoms with Crippen LogP contribution in [0.4, 0.5) is 17.6 Å². The van der Waals surface area contributed by atoms with E-state index in [9.17, 15) is 31.2 Å². The Hall–Kier alpha value is -2.41. The number of ether oxygens (including phenoxy) is 1. The van der Waals surface area contributed by atoms with Crippen molar-refractivity contribution in [2.24, 2.45) is 11.3 Å². The molecule has 0 unspecified atom stereocenters. The Morgan fingerprint density at radius 3 is 2.29 bits per heavy atom. The Morgan fingerprint density at radius 2 is 1.73 bits per heavy atom. The summed E-state index contributed by atoms with van der Waals surface area (Å²) in [5.41, 5.74) is 0.256. The number of carbonyl (C=O) groups is 2. The molecule has 0 radical (unpaired) electrons. The first-order valence-corrected chi connectivity index (χ1v) is 16.2. The molecule has 1 amide bonds. The number of benzene rings is 1. The lowest BCUT2D eigenvalue weighted by molar-refractivity contribution is -0.216. The summed E-state index contributed by atoms with van der Waals surface area (Å²) in [6.07, 6.45) is 6.97. The summed E-state index contributed by atoms with van der Waals surface area (Å²) in [7, 11) is -4.82. The zero-order valence-corrected chi connectivity index (χ0v) is 23.9. The zero-order valence-electron chi connectivity index (χ0n) is 23.1. The summed E-state index contributed by atoms with van der Waals surface area (Å²) in [6.45, 7) is 2.66. The summed E-state index contributed by atoms with van der Waals surface area (Å²) in [6, 6.07) is 2.08. The monoisotopic (exact) mass is 604 g/mol. The fourth-order valence-electron chi connectivity index (χ4n) is 6.51. The van der Waals surface area contributed by atoms with E-state index in [2.05, 4.69) is 9.74 Å². The van der Waals surface area contributed by atoms with Crippen LogP contribution < -0.4 is 4.74 Å². The number of alkyl halides is 3. The van der Waals surface area contributed by atoms with E-state index in [1.807, 2.05) is 0 Å². The molecule has 1 saturated heterocycles. The lowest BCUT2D eigenvalue weighted by atomic mass is 9.59. The molecule has 1 atom stereocenters. The maximum absolute atomic E-state index is 15.2. The smallest absolute Gasteiger partial charge is 0.489 e. The Labute approximate surface area is 237 Å². The predicted molar refractivity (Wildman–Crippen MR) is 140 cm³/mol. The molecule has 1 spiro atoms. The number of carbonyl (C=O) groups excluding carboxylic acids is 2. The average Bonchev–Trinajstić information content (AvgIpc) is 3.71. The van der Waals surface area contributed by atoms with Gasteiger partial charge in [0, 0.05) is 19.2 Å². The van der Waals surface area contributed by atoms with Gasteiger partial charge in [0.25, 0.3) is 10.0 Å². The summed E-state index contributed by atoms with van der Waals surface area (Å²) in [5.74, 6) is -5.02. The Morgan fingerprint density at radius 1 is 1.05 bits per heavy atom. The molecule has 4 aliphatic rings. The topological polar surface area (TPSA) is 93.2 Å². The lowest BCUT2D eigenvalue weighted by Crippen LogP contribution is -2.44. The molecular formula is C28H36F4N2O6S. The third-order valence-electron chi connectivity index (χ3n) is 9.06. The van der Waals surface area contributed by atoms with Gasteiger partial charge in [-0.3, -0.25) is 9.69 Å². The van der Waals surface area contributed by atoms with Gasteiger partial charge in [0.1, 0.15) is 17.7 Å². The summed E-state index contributed by atoms with van der Waals surface area (Å²) < 4.78 is 82.9. The molecule has 1 aromatic rings. The van der Waals surface area contributed by atoms with Gasteiger partial charge in [0.2, 0.25) is 0 Å². The highest BCUT2D eigenvalue weighted by Gasteiger charge is 2.46.